The van der Waals surface area contributed by atoms with Gasteiger partial charge in [-0.25, -0.2) is 4.39 Å². The Kier molecular flexibility index (Phi) is 0.629. The topological polar surface area (TPSA) is 43.1 Å². The van der Waals surface area contributed by atoms with Gasteiger partial charge in [0.15, 0.2) is 5.67 Å². The molecule has 1 aliphatic rings. The molecule has 2 nitrogen and oxygen atoms in total. The van der Waals surface area contributed by atoms with Gasteiger partial charge in [0.2, 0.25) is 0 Å². The number of hydrogen-bond acceptors (Lipinski definition) is 1. The highest BCUT2D eigenvalue weighted by atomic mass is 19.1. The molecule has 1 fully saturated rings. The molecular formula is C4H6FNO. The van der Waals surface area contributed by atoms with E-state index in [1.54, 1.807) is 0 Å². The summed E-state index contributed by atoms with van der Waals surface area (Å²) in [6.45, 7) is 0. The first-order valence-corrected chi connectivity index (χ1v) is 2.14. The third-order valence-corrected chi connectivity index (χ3v) is 1.13. The first-order chi connectivity index (χ1) is 3.15. The highest BCUT2D eigenvalue weighted by Gasteiger charge is 2.49. The number of alkyl halides is 1. The maximum atomic E-state index is 12.1. The molecule has 7 heavy (non-hydrogen) atoms. The zero-order valence-corrected chi connectivity index (χ0v) is 3.78. The van der Waals surface area contributed by atoms with Crippen LogP contribution in [0.5, 0.6) is 0 Å². The van der Waals surface area contributed by atoms with Gasteiger partial charge in [-0.15, -0.1) is 0 Å². The first kappa shape index (κ1) is 4.56. The number of primary amides is 1. The molecule has 0 aliphatic heterocycles. The fourth-order valence-electron chi connectivity index (χ4n) is 0.356. The molecule has 0 unspecified atom stereocenters. The fraction of sp³-hybridized carbons (Fsp3) is 0.750. The first-order valence-electron chi connectivity index (χ1n) is 2.14. The van der Waals surface area contributed by atoms with E-state index in [2.05, 4.69) is 5.73 Å². The van der Waals surface area contributed by atoms with Gasteiger partial charge in [-0.2, -0.15) is 0 Å². The largest absolute Gasteiger partial charge is 0.367 e. The van der Waals surface area contributed by atoms with Crippen LogP contribution in [0.1, 0.15) is 12.8 Å². The highest BCUT2D eigenvalue weighted by Crippen LogP contribution is 2.38. The van der Waals surface area contributed by atoms with Gasteiger partial charge in [0.1, 0.15) is 0 Å². The van der Waals surface area contributed by atoms with Crippen molar-refractivity contribution in [1.29, 1.82) is 0 Å². The summed E-state index contributed by atoms with van der Waals surface area (Å²) in [7, 11) is 0. The van der Waals surface area contributed by atoms with E-state index < -0.39 is 11.6 Å². The second kappa shape index (κ2) is 0.967. The zero-order valence-electron chi connectivity index (χ0n) is 3.78. The van der Waals surface area contributed by atoms with Crippen LogP contribution in [0.4, 0.5) is 4.39 Å². The second-order valence-corrected chi connectivity index (χ2v) is 1.83. The average Bonchev–Trinajstić information content (AvgIpc) is 2.21. The third kappa shape index (κ3) is 0.577. The van der Waals surface area contributed by atoms with Crippen molar-refractivity contribution >= 4 is 5.91 Å². The lowest BCUT2D eigenvalue weighted by Gasteiger charge is -1.91. The summed E-state index contributed by atoms with van der Waals surface area (Å²) in [5.41, 5.74) is 3.01. The van der Waals surface area contributed by atoms with Gasteiger partial charge in [-0.1, -0.05) is 0 Å². The van der Waals surface area contributed by atoms with Crippen LogP contribution in [0.15, 0.2) is 0 Å². The van der Waals surface area contributed by atoms with Crippen LogP contribution >= 0.6 is 0 Å². The van der Waals surface area contributed by atoms with Crippen molar-refractivity contribution in [2.45, 2.75) is 18.5 Å². The minimum atomic E-state index is -1.61. The SMILES string of the molecule is NC(=O)C1(F)CC1. The number of halogens is 1. The summed E-state index contributed by atoms with van der Waals surface area (Å²) in [6.07, 6.45) is 0.644. The molecule has 0 bridgehead atoms. The molecule has 0 aromatic rings. The quantitative estimate of drug-likeness (QED) is 0.497. The lowest BCUT2D eigenvalue weighted by molar-refractivity contribution is -0.124. The van der Waals surface area contributed by atoms with Crippen molar-refractivity contribution in [1.82, 2.24) is 0 Å². The second-order valence-electron chi connectivity index (χ2n) is 1.83. The molecule has 1 rings (SSSR count). The number of carbonyl (C=O) groups excluding carboxylic acids is 1. The predicted molar refractivity (Wildman–Crippen MR) is 22.3 cm³/mol. The Morgan fingerprint density at radius 3 is 2.14 bits per heavy atom. The number of carbonyl (C=O) groups is 1. The minimum Gasteiger partial charge on any atom is -0.367 e. The standard InChI is InChI=1S/C4H6FNO/c5-4(1-2-4)3(6)7/h1-2H2,(H2,6,7). The summed E-state index contributed by atoms with van der Waals surface area (Å²) in [5, 5.41) is 0. The molecule has 0 aromatic heterocycles. The molecule has 0 saturated heterocycles. The van der Waals surface area contributed by atoms with Crippen LogP contribution < -0.4 is 5.73 Å². The van der Waals surface area contributed by atoms with E-state index in [0.717, 1.165) is 0 Å². The maximum Gasteiger partial charge on any atom is 0.255 e. The fourth-order valence-corrected chi connectivity index (χ4v) is 0.356. The molecule has 0 radical (unpaired) electrons. The summed E-state index contributed by atoms with van der Waals surface area (Å²) in [5.74, 6) is -0.812. The van der Waals surface area contributed by atoms with Gasteiger partial charge in [-0.05, 0) is 12.8 Å². The average molecular weight is 103 g/mol. The molecule has 1 saturated carbocycles. The number of amides is 1. The van der Waals surface area contributed by atoms with Crippen LogP contribution in [0.2, 0.25) is 0 Å². The molecule has 1 aliphatic carbocycles. The maximum absolute atomic E-state index is 12.1. The Hall–Kier alpha value is -0.600. The molecule has 0 heterocycles. The molecule has 2 N–H and O–H groups in total. The number of hydrogen-bond donors (Lipinski definition) is 1. The van der Waals surface area contributed by atoms with Gasteiger partial charge in [0.25, 0.3) is 5.91 Å². The van der Waals surface area contributed by atoms with E-state index in [1.165, 1.54) is 0 Å². The summed E-state index contributed by atoms with van der Waals surface area (Å²) >= 11 is 0. The Morgan fingerprint density at radius 2 is 2.14 bits per heavy atom. The molecule has 0 spiro atoms. The van der Waals surface area contributed by atoms with Crippen molar-refractivity contribution in [2.75, 3.05) is 0 Å². The minimum absolute atomic E-state index is 0.322. The van der Waals surface area contributed by atoms with Crippen molar-refractivity contribution in [3.05, 3.63) is 0 Å². The van der Waals surface area contributed by atoms with Crippen molar-refractivity contribution < 1.29 is 9.18 Å². The summed E-state index contributed by atoms with van der Waals surface area (Å²) in [6, 6.07) is 0. The number of rotatable bonds is 1. The molecule has 40 valence electrons. The predicted octanol–water partition coefficient (Wildman–Crippen LogP) is -0.0262. The lowest BCUT2D eigenvalue weighted by atomic mass is 10.4. The Balaban J connectivity index is 2.55. The van der Waals surface area contributed by atoms with E-state index in [9.17, 15) is 9.18 Å². The number of nitrogens with two attached hydrogens (primary N) is 1. The van der Waals surface area contributed by atoms with Crippen LogP contribution in [-0.2, 0) is 4.79 Å². The van der Waals surface area contributed by atoms with E-state index in [-0.39, 0.29) is 0 Å². The Labute approximate surface area is 40.5 Å². The van der Waals surface area contributed by atoms with Crippen molar-refractivity contribution in [2.24, 2.45) is 5.73 Å². The van der Waals surface area contributed by atoms with Crippen molar-refractivity contribution in [3.8, 4) is 0 Å². The molecule has 0 atom stereocenters. The van der Waals surface area contributed by atoms with Gasteiger partial charge < -0.3 is 5.73 Å². The van der Waals surface area contributed by atoms with E-state index >= 15 is 0 Å². The monoisotopic (exact) mass is 103 g/mol. The third-order valence-electron chi connectivity index (χ3n) is 1.13. The van der Waals surface area contributed by atoms with Crippen molar-refractivity contribution in [3.63, 3.8) is 0 Å². The van der Waals surface area contributed by atoms with Gasteiger partial charge >= 0.3 is 0 Å². The lowest BCUT2D eigenvalue weighted by Crippen LogP contribution is -2.25. The smallest absolute Gasteiger partial charge is 0.255 e. The van der Waals surface area contributed by atoms with Crippen LogP contribution in [0.3, 0.4) is 0 Å². The van der Waals surface area contributed by atoms with E-state index in [0.29, 0.717) is 12.8 Å². The summed E-state index contributed by atoms with van der Waals surface area (Å²) in [4.78, 5) is 9.93. The Bertz CT molecular complexity index is 108. The molecule has 3 heteroatoms. The van der Waals surface area contributed by atoms with Gasteiger partial charge in [0.05, 0.1) is 0 Å². The Morgan fingerprint density at radius 1 is 1.71 bits per heavy atom. The van der Waals surface area contributed by atoms with E-state index in [4.69, 9.17) is 0 Å². The van der Waals surface area contributed by atoms with Crippen LogP contribution in [-0.4, -0.2) is 11.6 Å². The molecular weight excluding hydrogens is 97.0 g/mol. The summed E-state index contributed by atoms with van der Waals surface area (Å²) < 4.78 is 12.1. The zero-order chi connectivity index (χ0) is 5.49. The molecule has 0 aromatic carbocycles. The van der Waals surface area contributed by atoms with Gasteiger partial charge in [0, 0.05) is 0 Å². The molecule has 1 amide bonds. The van der Waals surface area contributed by atoms with Gasteiger partial charge in [-0.3, -0.25) is 4.79 Å². The normalized spacial score (nSPS) is 24.1. The van der Waals surface area contributed by atoms with E-state index in [1.807, 2.05) is 0 Å². The highest BCUT2D eigenvalue weighted by molar-refractivity contribution is 5.86. The van der Waals surface area contributed by atoms with Crippen LogP contribution in [0, 0.1) is 0 Å². The van der Waals surface area contributed by atoms with Crippen LogP contribution in [0.25, 0.3) is 0 Å².